The number of hydrogen-bond acceptors (Lipinski definition) is 6. The number of amides is 1. The van der Waals surface area contributed by atoms with Crippen LogP contribution in [0, 0.1) is 6.92 Å². The van der Waals surface area contributed by atoms with Crippen LogP contribution in [0.15, 0.2) is 34.7 Å². The fourth-order valence-corrected chi connectivity index (χ4v) is 3.48. The van der Waals surface area contributed by atoms with Crippen molar-refractivity contribution in [2.24, 2.45) is 0 Å². The third kappa shape index (κ3) is 3.66. The van der Waals surface area contributed by atoms with Crippen LogP contribution in [-0.2, 0) is 11.2 Å². The normalized spacial score (nSPS) is 12.2. The summed E-state index contributed by atoms with van der Waals surface area (Å²) in [5.41, 5.74) is 2.94. The smallest absolute Gasteiger partial charge is 0.291 e. The number of ether oxygens (including phenoxy) is 2. The minimum Gasteiger partial charge on any atom is -0.454 e. The first-order valence-corrected chi connectivity index (χ1v) is 9.61. The zero-order chi connectivity index (χ0) is 21.4. The summed E-state index contributed by atoms with van der Waals surface area (Å²) in [4.78, 5) is 36.2. The maximum absolute atomic E-state index is 12.9. The van der Waals surface area contributed by atoms with Crippen LogP contribution in [0.1, 0.15) is 52.3 Å². The molecule has 3 aromatic rings. The van der Waals surface area contributed by atoms with Gasteiger partial charge in [0.1, 0.15) is 11.4 Å². The van der Waals surface area contributed by atoms with Gasteiger partial charge in [-0.05, 0) is 51.0 Å². The molecule has 0 spiro atoms. The average molecular weight is 407 g/mol. The summed E-state index contributed by atoms with van der Waals surface area (Å²) in [6, 6.07) is 8.77. The highest BCUT2D eigenvalue weighted by molar-refractivity contribution is 6.10. The molecule has 0 atom stereocenters. The van der Waals surface area contributed by atoms with Gasteiger partial charge in [0.15, 0.2) is 23.0 Å². The largest absolute Gasteiger partial charge is 0.454 e. The molecule has 154 valence electrons. The molecule has 1 aliphatic heterocycles. The second-order valence-electron chi connectivity index (χ2n) is 7.35. The van der Waals surface area contributed by atoms with Crippen LogP contribution in [0.3, 0.4) is 0 Å². The van der Waals surface area contributed by atoms with Crippen molar-refractivity contribution >= 4 is 34.1 Å². The first kappa shape index (κ1) is 19.7. The van der Waals surface area contributed by atoms with Gasteiger partial charge in [-0.2, -0.15) is 0 Å². The maximum Gasteiger partial charge on any atom is 0.291 e. The molecule has 1 N–H and O–H groups in total. The number of fused-ring (bicyclic) bond motifs is 2. The van der Waals surface area contributed by atoms with E-state index < -0.39 is 5.91 Å². The minimum atomic E-state index is -0.463. The number of carbonyl (C=O) groups is 3. The Morgan fingerprint density at radius 1 is 1.03 bits per heavy atom. The van der Waals surface area contributed by atoms with Gasteiger partial charge in [-0.1, -0.05) is 6.07 Å². The summed E-state index contributed by atoms with van der Waals surface area (Å²) in [6.45, 7) is 4.86. The number of furan rings is 1. The van der Waals surface area contributed by atoms with E-state index in [0.29, 0.717) is 46.7 Å². The number of nitrogens with one attached hydrogen (secondary N) is 1. The number of benzene rings is 2. The van der Waals surface area contributed by atoms with E-state index in [1.54, 1.807) is 32.0 Å². The zero-order valence-electron chi connectivity index (χ0n) is 17.0. The Balaban J connectivity index is 1.65. The molecule has 0 unspecified atom stereocenters. The van der Waals surface area contributed by atoms with Crippen molar-refractivity contribution < 1.29 is 28.3 Å². The first-order chi connectivity index (χ1) is 14.3. The highest BCUT2D eigenvalue weighted by atomic mass is 16.7. The lowest BCUT2D eigenvalue weighted by atomic mass is 10.0. The average Bonchev–Trinajstić information content (AvgIpc) is 3.29. The van der Waals surface area contributed by atoms with E-state index >= 15 is 0 Å². The molecule has 2 aromatic carbocycles. The fourth-order valence-electron chi connectivity index (χ4n) is 3.48. The Morgan fingerprint density at radius 3 is 2.47 bits per heavy atom. The van der Waals surface area contributed by atoms with Gasteiger partial charge in [0.25, 0.3) is 5.91 Å². The standard InChI is InChI=1S/C23H21NO6/c1-12(25)4-5-15-6-7-19-16(8-15)13(2)22(30-19)23(27)24-18-10-21-20(28-11-29-21)9-17(18)14(3)26/h6-10H,4-5,11H2,1-3H3,(H,24,27). The number of hydrogen-bond donors (Lipinski definition) is 1. The van der Waals surface area contributed by atoms with E-state index in [2.05, 4.69) is 5.32 Å². The van der Waals surface area contributed by atoms with Gasteiger partial charge in [0.05, 0.1) is 5.69 Å². The predicted molar refractivity (Wildman–Crippen MR) is 110 cm³/mol. The fraction of sp³-hybridized carbons (Fsp3) is 0.261. The van der Waals surface area contributed by atoms with E-state index in [4.69, 9.17) is 13.9 Å². The summed E-state index contributed by atoms with van der Waals surface area (Å²) < 4.78 is 16.5. The molecule has 2 heterocycles. The lowest BCUT2D eigenvalue weighted by Crippen LogP contribution is -2.14. The Hall–Kier alpha value is -3.61. The number of aryl methyl sites for hydroxylation is 2. The van der Waals surface area contributed by atoms with Gasteiger partial charge in [0.2, 0.25) is 6.79 Å². The van der Waals surface area contributed by atoms with Crippen molar-refractivity contribution in [3.05, 3.63) is 52.8 Å². The zero-order valence-corrected chi connectivity index (χ0v) is 17.0. The van der Waals surface area contributed by atoms with E-state index in [-0.39, 0.29) is 24.1 Å². The summed E-state index contributed by atoms with van der Waals surface area (Å²) in [5.74, 6) is 0.559. The number of rotatable bonds is 6. The molecule has 1 aromatic heterocycles. The van der Waals surface area contributed by atoms with Crippen LogP contribution < -0.4 is 14.8 Å². The number of ketones is 2. The molecule has 7 heteroatoms. The van der Waals surface area contributed by atoms with Gasteiger partial charge >= 0.3 is 0 Å². The van der Waals surface area contributed by atoms with Crippen molar-refractivity contribution in [3.8, 4) is 11.5 Å². The van der Waals surface area contributed by atoms with Gasteiger partial charge in [0, 0.05) is 29.0 Å². The molecule has 0 radical (unpaired) electrons. The lowest BCUT2D eigenvalue weighted by Gasteiger charge is -2.10. The number of carbonyl (C=O) groups excluding carboxylic acids is 3. The van der Waals surface area contributed by atoms with E-state index in [1.165, 1.54) is 6.92 Å². The summed E-state index contributed by atoms with van der Waals surface area (Å²) >= 11 is 0. The van der Waals surface area contributed by atoms with Crippen LogP contribution in [0.25, 0.3) is 11.0 Å². The molecular formula is C23H21NO6. The third-order valence-corrected chi connectivity index (χ3v) is 5.11. The summed E-state index contributed by atoms with van der Waals surface area (Å²) in [7, 11) is 0. The first-order valence-electron chi connectivity index (χ1n) is 9.61. The molecule has 0 saturated carbocycles. The van der Waals surface area contributed by atoms with Crippen molar-refractivity contribution in [1.29, 1.82) is 0 Å². The molecular weight excluding hydrogens is 386 g/mol. The van der Waals surface area contributed by atoms with Crippen LogP contribution in [0.5, 0.6) is 11.5 Å². The van der Waals surface area contributed by atoms with E-state index in [0.717, 1.165) is 10.9 Å². The highest BCUT2D eigenvalue weighted by Crippen LogP contribution is 2.37. The molecule has 0 bridgehead atoms. The molecule has 0 saturated heterocycles. The number of Topliss-reactive ketones (excluding diaryl/α,β-unsaturated/α-hetero) is 2. The Morgan fingerprint density at radius 2 is 1.77 bits per heavy atom. The van der Waals surface area contributed by atoms with Gasteiger partial charge in [-0.25, -0.2) is 0 Å². The number of anilines is 1. The van der Waals surface area contributed by atoms with Gasteiger partial charge in [-0.15, -0.1) is 0 Å². The summed E-state index contributed by atoms with van der Waals surface area (Å²) in [6.07, 6.45) is 1.10. The van der Waals surface area contributed by atoms with Crippen molar-refractivity contribution in [2.45, 2.75) is 33.6 Å². The van der Waals surface area contributed by atoms with Crippen molar-refractivity contribution in [1.82, 2.24) is 0 Å². The molecule has 30 heavy (non-hydrogen) atoms. The Bertz CT molecular complexity index is 1190. The Labute approximate surface area is 173 Å². The molecule has 0 fully saturated rings. The molecule has 1 amide bonds. The second-order valence-corrected chi connectivity index (χ2v) is 7.35. The molecule has 4 rings (SSSR count). The van der Waals surface area contributed by atoms with Crippen LogP contribution >= 0.6 is 0 Å². The molecule has 0 aliphatic carbocycles. The van der Waals surface area contributed by atoms with Gasteiger partial charge < -0.3 is 24.0 Å². The Kier molecular flexibility index (Phi) is 5.03. The highest BCUT2D eigenvalue weighted by Gasteiger charge is 2.23. The molecule has 7 nitrogen and oxygen atoms in total. The van der Waals surface area contributed by atoms with Crippen LogP contribution in [-0.4, -0.2) is 24.3 Å². The third-order valence-electron chi connectivity index (χ3n) is 5.11. The van der Waals surface area contributed by atoms with Gasteiger partial charge in [-0.3, -0.25) is 9.59 Å². The van der Waals surface area contributed by atoms with E-state index in [1.807, 2.05) is 12.1 Å². The van der Waals surface area contributed by atoms with E-state index in [9.17, 15) is 14.4 Å². The summed E-state index contributed by atoms with van der Waals surface area (Å²) in [5, 5.41) is 3.58. The van der Waals surface area contributed by atoms with Crippen LogP contribution in [0.4, 0.5) is 5.69 Å². The molecule has 1 aliphatic rings. The van der Waals surface area contributed by atoms with Crippen LogP contribution in [0.2, 0.25) is 0 Å². The quantitative estimate of drug-likeness (QED) is 0.607. The minimum absolute atomic E-state index is 0.0682. The SMILES string of the molecule is CC(=O)CCc1ccc2oc(C(=O)Nc3cc4c(cc3C(C)=O)OCO4)c(C)c2c1. The second kappa shape index (κ2) is 7.67. The maximum atomic E-state index is 12.9. The topological polar surface area (TPSA) is 94.8 Å². The lowest BCUT2D eigenvalue weighted by molar-refractivity contribution is -0.116. The monoisotopic (exact) mass is 407 g/mol. The van der Waals surface area contributed by atoms with Crippen molar-refractivity contribution in [3.63, 3.8) is 0 Å². The predicted octanol–water partition coefficient (Wildman–Crippen LogP) is 4.45. The van der Waals surface area contributed by atoms with Crippen molar-refractivity contribution in [2.75, 3.05) is 12.1 Å².